The molecule has 170 valence electrons. The van der Waals surface area contributed by atoms with Gasteiger partial charge in [0.2, 0.25) is 0 Å². The van der Waals surface area contributed by atoms with Gasteiger partial charge in [-0.25, -0.2) is 0 Å². The number of anilines is 3. The third-order valence-electron chi connectivity index (χ3n) is 6.30. The zero-order chi connectivity index (χ0) is 23.2. The van der Waals surface area contributed by atoms with E-state index in [1.807, 2.05) is 43.1 Å². The van der Waals surface area contributed by atoms with Crippen LogP contribution in [0.15, 0.2) is 36.4 Å². The van der Waals surface area contributed by atoms with Crippen LogP contribution in [-0.4, -0.2) is 49.2 Å². The Bertz CT molecular complexity index is 1070. The Balaban J connectivity index is 1.79. The van der Waals surface area contributed by atoms with E-state index in [0.29, 0.717) is 24.9 Å². The number of nitrogens with zero attached hydrogens (tertiary/aromatic N) is 2. The van der Waals surface area contributed by atoms with E-state index in [-0.39, 0.29) is 11.8 Å². The minimum atomic E-state index is -4.92. The lowest BCUT2D eigenvalue weighted by molar-refractivity contribution is -0.174. The van der Waals surface area contributed by atoms with Gasteiger partial charge in [-0.2, -0.15) is 13.2 Å². The first-order chi connectivity index (χ1) is 15.1. The topological polar surface area (TPSA) is 72.9 Å². The van der Waals surface area contributed by atoms with Gasteiger partial charge in [0, 0.05) is 36.4 Å². The van der Waals surface area contributed by atoms with E-state index in [1.165, 1.54) is 0 Å². The van der Waals surface area contributed by atoms with Crippen molar-refractivity contribution in [2.75, 3.05) is 30.0 Å². The van der Waals surface area contributed by atoms with Gasteiger partial charge >= 0.3 is 12.1 Å². The van der Waals surface area contributed by atoms with Crippen molar-refractivity contribution in [3.05, 3.63) is 53.1 Å². The van der Waals surface area contributed by atoms with Gasteiger partial charge < -0.3 is 20.2 Å². The molecule has 0 spiro atoms. The van der Waals surface area contributed by atoms with Crippen molar-refractivity contribution in [2.45, 2.75) is 38.0 Å². The predicted octanol–water partition coefficient (Wildman–Crippen LogP) is 3.64. The summed E-state index contributed by atoms with van der Waals surface area (Å²) in [5.41, 5.74) is 4.87. The second kappa shape index (κ2) is 8.12. The molecule has 4 rings (SSSR count). The number of nitrogens with one attached hydrogen (secondary N) is 1. The molecule has 1 amide bonds. The SMILES string of the molecule is Cc1cccc2c1[C@@H]1C[C@@H](NC(=O)C(F)(F)F)CCN1c1ccc(C(=O)CO)cc1N2C. The van der Waals surface area contributed by atoms with Crippen molar-refractivity contribution in [1.82, 2.24) is 5.32 Å². The number of carbonyl (C=O) groups excluding carboxylic acids is 2. The number of hydrogen-bond donors (Lipinski definition) is 2. The number of halogens is 3. The standard InChI is InChI=1S/C23H24F3N3O3/c1-13-4-3-5-17-21(13)19-11-15(27-22(32)23(24,25)26)8-9-29(19)16-7-6-14(20(31)12-30)10-18(16)28(17)2/h3-7,10,15,19,30H,8-9,11-12H2,1-2H3,(H,27,32)/t15-,19-/m0/s1. The molecule has 2 aliphatic heterocycles. The molecular formula is C23H24F3N3O3. The van der Waals surface area contributed by atoms with Crippen LogP contribution in [0.3, 0.4) is 0 Å². The predicted molar refractivity (Wildman–Crippen MR) is 114 cm³/mol. The number of hydrogen-bond acceptors (Lipinski definition) is 5. The van der Waals surface area contributed by atoms with Gasteiger partial charge in [0.25, 0.3) is 0 Å². The molecule has 9 heteroatoms. The first-order valence-corrected chi connectivity index (χ1v) is 10.4. The fraction of sp³-hybridized carbons (Fsp3) is 0.391. The number of Topliss-reactive ketones (excluding diaryl/α,β-unsaturated/α-hetero) is 1. The Morgan fingerprint density at radius 3 is 2.59 bits per heavy atom. The summed E-state index contributed by atoms with van der Waals surface area (Å²) in [6, 6.07) is 10.2. The fourth-order valence-corrected chi connectivity index (χ4v) is 4.75. The van der Waals surface area contributed by atoms with Gasteiger partial charge in [0.15, 0.2) is 5.78 Å². The summed E-state index contributed by atoms with van der Waals surface area (Å²) in [7, 11) is 1.88. The van der Waals surface area contributed by atoms with Crippen molar-refractivity contribution < 1.29 is 27.9 Å². The molecule has 0 bridgehead atoms. The van der Waals surface area contributed by atoms with Crippen LogP contribution in [-0.2, 0) is 4.79 Å². The smallest absolute Gasteiger partial charge is 0.388 e. The Morgan fingerprint density at radius 1 is 1.16 bits per heavy atom. The molecule has 1 fully saturated rings. The number of rotatable bonds is 3. The first kappa shape index (κ1) is 22.1. The van der Waals surface area contributed by atoms with Crippen LogP contribution < -0.4 is 15.1 Å². The summed E-state index contributed by atoms with van der Waals surface area (Å²) in [6.45, 7) is 1.81. The molecule has 2 N–H and O–H groups in total. The van der Waals surface area contributed by atoms with Gasteiger partial charge in [-0.15, -0.1) is 0 Å². The number of aliphatic hydroxyl groups excluding tert-OH is 1. The van der Waals surface area contributed by atoms with Crippen LogP contribution in [0.4, 0.5) is 30.2 Å². The molecule has 2 aliphatic rings. The number of alkyl halides is 3. The van der Waals surface area contributed by atoms with E-state index in [4.69, 9.17) is 0 Å². The number of piperidine rings is 1. The number of aliphatic hydroxyl groups is 1. The molecule has 2 aromatic rings. The summed E-state index contributed by atoms with van der Waals surface area (Å²) in [6.07, 6.45) is -4.23. The molecule has 0 aromatic heterocycles. The third kappa shape index (κ3) is 3.81. The van der Waals surface area contributed by atoms with Crippen molar-refractivity contribution in [2.24, 2.45) is 0 Å². The van der Waals surface area contributed by atoms with Crippen LogP contribution in [0, 0.1) is 6.92 Å². The lowest BCUT2D eigenvalue weighted by Gasteiger charge is -2.41. The van der Waals surface area contributed by atoms with E-state index >= 15 is 0 Å². The average Bonchev–Trinajstić information content (AvgIpc) is 2.86. The number of ketones is 1. The molecule has 0 saturated carbocycles. The minimum absolute atomic E-state index is 0.249. The Labute approximate surface area is 183 Å². The molecule has 2 atom stereocenters. The number of benzene rings is 2. The van der Waals surface area contributed by atoms with Crippen LogP contribution in [0.25, 0.3) is 0 Å². The monoisotopic (exact) mass is 447 g/mol. The Morgan fingerprint density at radius 2 is 1.91 bits per heavy atom. The molecule has 0 radical (unpaired) electrons. The zero-order valence-corrected chi connectivity index (χ0v) is 17.7. The zero-order valence-electron chi connectivity index (χ0n) is 17.7. The van der Waals surface area contributed by atoms with Gasteiger partial charge in [-0.3, -0.25) is 9.59 Å². The van der Waals surface area contributed by atoms with Crippen molar-refractivity contribution in [3.63, 3.8) is 0 Å². The maximum absolute atomic E-state index is 12.8. The second-order valence-corrected chi connectivity index (χ2v) is 8.25. The maximum Gasteiger partial charge on any atom is 0.471 e. The third-order valence-corrected chi connectivity index (χ3v) is 6.30. The molecule has 2 heterocycles. The van der Waals surface area contributed by atoms with E-state index in [2.05, 4.69) is 10.2 Å². The highest BCUT2D eigenvalue weighted by atomic mass is 19.4. The van der Waals surface area contributed by atoms with Crippen LogP contribution in [0.1, 0.15) is 40.4 Å². The summed E-state index contributed by atoms with van der Waals surface area (Å²) in [5, 5.41) is 11.4. The fourth-order valence-electron chi connectivity index (χ4n) is 4.75. The van der Waals surface area contributed by atoms with E-state index in [9.17, 15) is 27.9 Å². The Kier molecular flexibility index (Phi) is 5.62. The molecule has 2 aromatic carbocycles. The number of fused-ring (bicyclic) bond motifs is 5. The first-order valence-electron chi connectivity index (χ1n) is 10.4. The molecular weight excluding hydrogens is 423 g/mol. The highest BCUT2D eigenvalue weighted by Gasteiger charge is 2.42. The average molecular weight is 447 g/mol. The Hall–Kier alpha value is -3.07. The normalized spacial score (nSPS) is 20.1. The molecule has 1 saturated heterocycles. The summed E-state index contributed by atoms with van der Waals surface area (Å²) in [4.78, 5) is 27.7. The molecule has 0 unspecified atom stereocenters. The van der Waals surface area contributed by atoms with E-state index < -0.39 is 24.7 Å². The summed E-state index contributed by atoms with van der Waals surface area (Å²) < 4.78 is 38.4. The lowest BCUT2D eigenvalue weighted by Crippen LogP contribution is -2.49. The van der Waals surface area contributed by atoms with Crippen molar-refractivity contribution in [1.29, 1.82) is 0 Å². The minimum Gasteiger partial charge on any atom is -0.388 e. The quantitative estimate of drug-likeness (QED) is 0.703. The van der Waals surface area contributed by atoms with Crippen LogP contribution in [0.5, 0.6) is 0 Å². The van der Waals surface area contributed by atoms with E-state index in [0.717, 1.165) is 28.2 Å². The maximum atomic E-state index is 12.8. The van der Waals surface area contributed by atoms with Crippen molar-refractivity contribution >= 4 is 28.8 Å². The van der Waals surface area contributed by atoms with Gasteiger partial charge in [0.1, 0.15) is 6.61 Å². The van der Waals surface area contributed by atoms with Crippen molar-refractivity contribution in [3.8, 4) is 0 Å². The van der Waals surface area contributed by atoms with E-state index in [1.54, 1.807) is 12.1 Å². The van der Waals surface area contributed by atoms with Crippen LogP contribution >= 0.6 is 0 Å². The molecule has 0 aliphatic carbocycles. The largest absolute Gasteiger partial charge is 0.471 e. The van der Waals surface area contributed by atoms with Crippen LogP contribution in [0.2, 0.25) is 0 Å². The highest BCUT2D eigenvalue weighted by molar-refractivity contribution is 5.99. The molecule has 32 heavy (non-hydrogen) atoms. The highest BCUT2D eigenvalue weighted by Crippen LogP contribution is 2.49. The molecule has 6 nitrogen and oxygen atoms in total. The van der Waals surface area contributed by atoms with Gasteiger partial charge in [-0.05, 0) is 49.6 Å². The second-order valence-electron chi connectivity index (χ2n) is 8.25. The lowest BCUT2D eigenvalue weighted by atomic mass is 9.88. The summed E-state index contributed by atoms with van der Waals surface area (Å²) >= 11 is 0. The number of aryl methyl sites for hydroxylation is 1. The number of carbonyl (C=O) groups is 2. The van der Waals surface area contributed by atoms with Gasteiger partial charge in [0.05, 0.1) is 17.4 Å². The summed E-state index contributed by atoms with van der Waals surface area (Å²) in [5.74, 6) is -2.31. The number of amides is 1. The van der Waals surface area contributed by atoms with Gasteiger partial charge in [-0.1, -0.05) is 12.1 Å².